The van der Waals surface area contributed by atoms with Gasteiger partial charge in [-0.25, -0.2) is 0 Å². The molecule has 366 valence electrons. The maximum absolute atomic E-state index is 12.6. The zero-order chi connectivity index (χ0) is 51.5. The molecular weight excluding hydrogens is 991 g/mol. The average Bonchev–Trinajstić information content (AvgIpc) is 3.33. The summed E-state index contributed by atoms with van der Waals surface area (Å²) in [6.07, 6.45) is 0. The van der Waals surface area contributed by atoms with Crippen molar-refractivity contribution >= 4 is 109 Å². The molecule has 0 bridgehead atoms. The van der Waals surface area contributed by atoms with Crippen LogP contribution in [0.15, 0.2) is 189 Å². The van der Waals surface area contributed by atoms with Crippen LogP contribution >= 0.6 is 0 Å². The molecule has 0 spiro atoms. The minimum atomic E-state index is -4.90. The fourth-order valence-electron chi connectivity index (χ4n) is 7.21. The Labute approximate surface area is 411 Å². The maximum Gasteiger partial charge on any atom is 0.296 e. The Balaban J connectivity index is 0.975. The van der Waals surface area contributed by atoms with Crippen LogP contribution < -0.4 is 14.8 Å². The van der Waals surface area contributed by atoms with Gasteiger partial charge in [0, 0.05) is 34.3 Å². The number of para-hydroxylation sites is 1. The number of aryl methyl sites for hydroxylation is 2. The number of nitrogens with zero attached hydrogens (tertiary/aromatic N) is 8. The summed E-state index contributed by atoms with van der Waals surface area (Å²) in [5.74, 6) is -0.202. The van der Waals surface area contributed by atoms with Crippen LogP contribution in [0.2, 0.25) is 0 Å². The quantitative estimate of drug-likeness (QED) is 0.0472. The van der Waals surface area contributed by atoms with Crippen LogP contribution in [0.3, 0.4) is 0 Å². The van der Waals surface area contributed by atoms with Gasteiger partial charge in [-0.1, -0.05) is 24.3 Å². The molecule has 0 radical (unpaired) electrons. The van der Waals surface area contributed by atoms with E-state index in [2.05, 4.69) is 46.2 Å². The summed E-state index contributed by atoms with van der Waals surface area (Å²) < 4.78 is 113. The number of benzene rings is 8. The Kier molecular flexibility index (Phi) is 14.0. The van der Waals surface area contributed by atoms with Crippen molar-refractivity contribution in [2.24, 2.45) is 40.9 Å². The number of aromatic hydroxyl groups is 1. The highest BCUT2D eigenvalue weighted by Gasteiger charge is 2.24. The molecule has 0 aromatic heterocycles. The zero-order valence-corrected chi connectivity index (χ0v) is 40.5. The average molecular weight is 1030 g/mol. The normalized spacial score (nSPS) is 12.5. The zero-order valence-electron chi connectivity index (χ0n) is 38.1. The first-order valence-corrected chi connectivity index (χ1v) is 25.3. The van der Waals surface area contributed by atoms with Crippen molar-refractivity contribution in [3.05, 3.63) is 145 Å². The van der Waals surface area contributed by atoms with Gasteiger partial charge in [0.15, 0.2) is 5.75 Å². The first-order chi connectivity index (χ1) is 34.2. The monoisotopic (exact) mass is 1030 g/mol. The molecule has 8 aromatic rings. The van der Waals surface area contributed by atoms with Crippen LogP contribution in [-0.2, 0) is 30.4 Å². The number of hydrogen-bond acceptors (Lipinski definition) is 18. The fourth-order valence-corrected chi connectivity index (χ4v) is 9.21. The number of rotatable bonds is 15. The number of azo groups is 4. The summed E-state index contributed by atoms with van der Waals surface area (Å²) in [7, 11) is -11.8. The molecule has 5 N–H and O–H groups in total. The maximum atomic E-state index is 12.6. The standard InChI is InChI=1S/C48H39N9O12S3/c1-27-18-33(13-16-40(27)54-52-35-11-10-29-21-36(70(59,60)61)24-45(38(29)23-35)71(62,63)64)50-53-39-17-14-34(19-28(39)2)51-55-41-25-44(69-4)42(26-43(41)68-3)56-57-47-46(72(65,66)67)22-30-20-32(12-15-37(30)48(47)58)49-31-8-6-5-7-9-31/h5-26,49,58H,1-4H3,(H,59,60,61)(H,62,63,64)(H,65,66,67). The predicted molar refractivity (Wildman–Crippen MR) is 267 cm³/mol. The van der Waals surface area contributed by atoms with Crippen LogP contribution in [0.5, 0.6) is 17.2 Å². The third kappa shape index (κ3) is 11.3. The molecule has 8 rings (SSSR count). The van der Waals surface area contributed by atoms with Gasteiger partial charge in [0.25, 0.3) is 30.4 Å². The number of methoxy groups -OCH3 is 2. The van der Waals surface area contributed by atoms with E-state index in [9.17, 15) is 44.0 Å². The van der Waals surface area contributed by atoms with Crippen molar-refractivity contribution in [3.63, 3.8) is 0 Å². The topological polar surface area (TPSA) is 313 Å². The molecule has 0 aliphatic carbocycles. The first-order valence-electron chi connectivity index (χ1n) is 20.9. The molecule has 0 aliphatic heterocycles. The van der Waals surface area contributed by atoms with Gasteiger partial charge >= 0.3 is 0 Å². The van der Waals surface area contributed by atoms with Gasteiger partial charge in [0.2, 0.25) is 0 Å². The highest BCUT2D eigenvalue weighted by Crippen LogP contribution is 2.45. The Bertz CT molecular complexity index is 3950. The van der Waals surface area contributed by atoms with Gasteiger partial charge in [-0.3, -0.25) is 13.7 Å². The van der Waals surface area contributed by atoms with E-state index in [1.807, 2.05) is 37.3 Å². The summed E-state index contributed by atoms with van der Waals surface area (Å²) in [5, 5.41) is 49.2. The summed E-state index contributed by atoms with van der Waals surface area (Å²) >= 11 is 0. The van der Waals surface area contributed by atoms with Crippen molar-refractivity contribution in [1.82, 2.24) is 0 Å². The molecule has 0 saturated heterocycles. The second-order valence-electron chi connectivity index (χ2n) is 15.7. The Morgan fingerprint density at radius 3 is 1.50 bits per heavy atom. The Morgan fingerprint density at radius 2 is 0.972 bits per heavy atom. The molecule has 0 unspecified atom stereocenters. The van der Waals surface area contributed by atoms with Gasteiger partial charge in [-0.15, -0.1) is 15.3 Å². The molecule has 0 saturated carbocycles. The third-order valence-electron chi connectivity index (χ3n) is 10.8. The minimum absolute atomic E-state index is 0.0372. The number of hydrogen-bond donors (Lipinski definition) is 5. The van der Waals surface area contributed by atoms with Crippen molar-refractivity contribution in [2.45, 2.75) is 28.5 Å². The number of ether oxygens (including phenoxy) is 2. The van der Waals surface area contributed by atoms with Crippen LogP contribution in [0.4, 0.5) is 56.9 Å². The highest BCUT2D eigenvalue weighted by molar-refractivity contribution is 7.87. The molecule has 0 aliphatic rings. The van der Waals surface area contributed by atoms with Crippen LogP contribution in [0.25, 0.3) is 21.5 Å². The lowest BCUT2D eigenvalue weighted by Crippen LogP contribution is -2.04. The first kappa shape index (κ1) is 50.0. The number of fused-ring (bicyclic) bond motifs is 2. The van der Waals surface area contributed by atoms with Crippen LogP contribution in [-0.4, -0.2) is 58.2 Å². The summed E-state index contributed by atoms with van der Waals surface area (Å²) in [5.41, 5.74) is 4.70. The lowest BCUT2D eigenvalue weighted by Gasteiger charge is -2.12. The van der Waals surface area contributed by atoms with E-state index in [0.717, 1.165) is 11.8 Å². The summed E-state index contributed by atoms with van der Waals surface area (Å²) in [4.78, 5) is -2.10. The molecular formula is C48H39N9O12S3. The third-order valence-corrected chi connectivity index (χ3v) is 13.4. The SMILES string of the molecule is COc1cc(N=Nc2c(S(=O)(=O)O)cc3cc(Nc4ccccc4)ccc3c2O)c(OC)cc1N=Nc1ccc(N=Nc2ccc(N=Nc3ccc4cc(S(=O)(=O)O)cc(S(=O)(=O)O)c4c3)c(C)c2)c(C)c1. The van der Waals surface area contributed by atoms with Crippen molar-refractivity contribution in [2.75, 3.05) is 19.5 Å². The number of nitrogens with one attached hydrogen (secondary N) is 1. The van der Waals surface area contributed by atoms with E-state index in [0.29, 0.717) is 51.0 Å². The largest absolute Gasteiger partial charge is 0.505 e. The van der Waals surface area contributed by atoms with Gasteiger partial charge in [0.05, 0.1) is 47.6 Å². The lowest BCUT2D eigenvalue weighted by atomic mass is 10.1. The molecule has 8 aromatic carbocycles. The van der Waals surface area contributed by atoms with E-state index in [1.165, 1.54) is 50.6 Å². The molecule has 0 amide bonds. The fraction of sp³-hybridized carbons (Fsp3) is 0.0833. The van der Waals surface area contributed by atoms with Gasteiger partial charge in [0.1, 0.15) is 38.4 Å². The van der Waals surface area contributed by atoms with E-state index < -0.39 is 56.5 Å². The van der Waals surface area contributed by atoms with Crippen LogP contribution in [0, 0.1) is 13.8 Å². The smallest absolute Gasteiger partial charge is 0.296 e. The summed E-state index contributed by atoms with van der Waals surface area (Å²) in [6, 6.07) is 34.3. The second-order valence-corrected chi connectivity index (χ2v) is 19.9. The lowest BCUT2D eigenvalue weighted by molar-refractivity contribution is 0.405. The van der Waals surface area contributed by atoms with Gasteiger partial charge in [-0.05, 0) is 133 Å². The van der Waals surface area contributed by atoms with E-state index >= 15 is 0 Å². The molecule has 0 heterocycles. The van der Waals surface area contributed by atoms with E-state index in [1.54, 1.807) is 61.5 Å². The van der Waals surface area contributed by atoms with Crippen molar-refractivity contribution in [1.29, 1.82) is 0 Å². The van der Waals surface area contributed by atoms with Gasteiger partial charge in [-0.2, -0.15) is 50.8 Å². The highest BCUT2D eigenvalue weighted by atomic mass is 32.2. The molecule has 72 heavy (non-hydrogen) atoms. The number of phenols is 1. The van der Waals surface area contributed by atoms with Crippen LogP contribution in [0.1, 0.15) is 11.1 Å². The van der Waals surface area contributed by atoms with E-state index in [4.69, 9.17) is 9.47 Å². The molecule has 24 heteroatoms. The van der Waals surface area contributed by atoms with E-state index in [-0.39, 0.29) is 44.7 Å². The van der Waals surface area contributed by atoms with Crippen molar-refractivity contribution < 1.29 is 53.5 Å². The van der Waals surface area contributed by atoms with Crippen molar-refractivity contribution in [3.8, 4) is 17.2 Å². The Morgan fingerprint density at radius 1 is 0.444 bits per heavy atom. The Hall–Kier alpha value is -8.39. The molecule has 21 nitrogen and oxygen atoms in total. The minimum Gasteiger partial charge on any atom is -0.505 e. The van der Waals surface area contributed by atoms with Gasteiger partial charge < -0.3 is 19.9 Å². The predicted octanol–water partition coefficient (Wildman–Crippen LogP) is 13.5. The number of anilines is 2. The second kappa shape index (κ2) is 20.1. The summed E-state index contributed by atoms with van der Waals surface area (Å²) in [6.45, 7) is 3.58. The molecule has 0 fully saturated rings. The molecule has 0 atom stereocenters. The number of phenolic OH excluding ortho intramolecular Hbond substituents is 1.